The molecule has 0 saturated heterocycles. The molecule has 2 aromatic carbocycles. The van der Waals surface area contributed by atoms with Crippen molar-refractivity contribution < 1.29 is 4.74 Å². The number of aromatic nitrogens is 1. The Morgan fingerprint density at radius 1 is 1.07 bits per heavy atom. The van der Waals surface area contributed by atoms with Gasteiger partial charge in [-0.15, -0.1) is 0 Å². The lowest BCUT2D eigenvalue weighted by atomic mass is 10.2. The lowest BCUT2D eigenvalue weighted by Gasteiger charge is -2.19. The number of rotatable bonds is 7. The number of aryl methyl sites for hydroxylation is 1. The quantitative estimate of drug-likeness (QED) is 0.501. The van der Waals surface area contributed by atoms with E-state index in [1.807, 2.05) is 54.6 Å². The summed E-state index contributed by atoms with van der Waals surface area (Å²) in [5.41, 5.74) is 7.79. The number of nitrogens with two attached hydrogens (primary N) is 1. The molecule has 29 heavy (non-hydrogen) atoms. The zero-order valence-electron chi connectivity index (χ0n) is 16.4. The first-order valence-electron chi connectivity index (χ1n) is 9.92. The summed E-state index contributed by atoms with van der Waals surface area (Å²) in [5, 5.41) is 7.55. The summed E-state index contributed by atoms with van der Waals surface area (Å²) in [7, 11) is 1.76. The molecular formula is C22H26N4O2S. The summed E-state index contributed by atoms with van der Waals surface area (Å²) >= 11 is 1.37. The number of nitrogens with zero attached hydrogens (tertiary/aromatic N) is 1. The van der Waals surface area contributed by atoms with E-state index in [0.29, 0.717) is 11.6 Å². The van der Waals surface area contributed by atoms with Gasteiger partial charge in [-0.05, 0) is 60.8 Å². The second kappa shape index (κ2) is 8.82. The van der Waals surface area contributed by atoms with Crippen LogP contribution < -0.4 is 26.7 Å². The fourth-order valence-electron chi connectivity index (χ4n) is 3.65. The van der Waals surface area contributed by atoms with Crippen molar-refractivity contribution in [2.75, 3.05) is 5.32 Å². The molecule has 0 spiro atoms. The highest BCUT2D eigenvalue weighted by Gasteiger charge is 2.24. The van der Waals surface area contributed by atoms with Gasteiger partial charge in [-0.1, -0.05) is 31.0 Å². The molecule has 1 aromatic heterocycles. The van der Waals surface area contributed by atoms with Crippen LogP contribution in [-0.2, 0) is 7.05 Å². The van der Waals surface area contributed by atoms with E-state index in [-0.39, 0.29) is 5.56 Å². The Bertz CT molecular complexity index is 992. The van der Waals surface area contributed by atoms with Crippen molar-refractivity contribution in [3.8, 4) is 11.5 Å². The average molecular weight is 411 g/mol. The molecule has 0 bridgehead atoms. The molecule has 1 saturated carbocycles. The molecule has 1 fully saturated rings. The SMILES string of the molecule is Cn1sc(Nc2ccc(Oc3ccccc3)cc2)c(C(N)NC2CCCC2)c1=O. The summed E-state index contributed by atoms with van der Waals surface area (Å²) in [6.07, 6.45) is 4.18. The maximum atomic E-state index is 12.6. The van der Waals surface area contributed by atoms with Crippen molar-refractivity contribution in [2.45, 2.75) is 37.9 Å². The van der Waals surface area contributed by atoms with E-state index < -0.39 is 6.17 Å². The lowest BCUT2D eigenvalue weighted by molar-refractivity contribution is 0.447. The molecule has 152 valence electrons. The normalized spacial score (nSPS) is 15.4. The smallest absolute Gasteiger partial charge is 0.268 e. The van der Waals surface area contributed by atoms with Gasteiger partial charge in [0.2, 0.25) is 0 Å². The highest BCUT2D eigenvalue weighted by Crippen LogP contribution is 2.29. The third-order valence-electron chi connectivity index (χ3n) is 5.16. The van der Waals surface area contributed by atoms with Crippen molar-refractivity contribution in [1.29, 1.82) is 0 Å². The van der Waals surface area contributed by atoms with E-state index in [2.05, 4.69) is 10.6 Å². The predicted octanol–water partition coefficient (Wildman–Crippen LogP) is 4.47. The van der Waals surface area contributed by atoms with Gasteiger partial charge in [0, 0.05) is 18.8 Å². The lowest BCUT2D eigenvalue weighted by Crippen LogP contribution is -2.38. The number of anilines is 2. The van der Waals surface area contributed by atoms with E-state index >= 15 is 0 Å². The van der Waals surface area contributed by atoms with E-state index in [1.54, 1.807) is 11.0 Å². The van der Waals surface area contributed by atoms with Crippen molar-refractivity contribution in [1.82, 2.24) is 9.27 Å². The Morgan fingerprint density at radius 2 is 1.72 bits per heavy atom. The first kappa shape index (κ1) is 19.7. The minimum atomic E-state index is -0.480. The standard InChI is InChI=1S/C22H26N4O2S/c1-26-22(27)19(20(23)24-15-7-5-6-8-15)21(29-26)25-16-11-13-18(14-12-16)28-17-9-3-2-4-10-17/h2-4,9-15,20,24-25H,5-8,23H2,1H3. The van der Waals surface area contributed by atoms with Gasteiger partial charge in [-0.25, -0.2) is 0 Å². The van der Waals surface area contributed by atoms with E-state index in [9.17, 15) is 4.79 Å². The molecular weight excluding hydrogens is 384 g/mol. The highest BCUT2D eigenvalue weighted by molar-refractivity contribution is 7.11. The van der Waals surface area contributed by atoms with Gasteiger partial charge >= 0.3 is 0 Å². The average Bonchev–Trinajstić information content (AvgIpc) is 3.32. The fourth-order valence-corrected chi connectivity index (χ4v) is 4.58. The number of para-hydroxylation sites is 1. The summed E-state index contributed by atoms with van der Waals surface area (Å²) in [5.74, 6) is 1.54. The maximum Gasteiger partial charge on any atom is 0.268 e. The van der Waals surface area contributed by atoms with Crippen LogP contribution in [0.4, 0.5) is 10.7 Å². The first-order valence-corrected chi connectivity index (χ1v) is 10.7. The van der Waals surface area contributed by atoms with Gasteiger partial charge < -0.3 is 15.8 Å². The van der Waals surface area contributed by atoms with Crippen LogP contribution in [0.5, 0.6) is 11.5 Å². The van der Waals surface area contributed by atoms with Crippen LogP contribution in [0, 0.1) is 0 Å². The van der Waals surface area contributed by atoms with E-state index in [4.69, 9.17) is 10.5 Å². The van der Waals surface area contributed by atoms with Gasteiger partial charge in [0.1, 0.15) is 16.5 Å². The number of nitrogens with one attached hydrogen (secondary N) is 2. The van der Waals surface area contributed by atoms with Crippen molar-refractivity contribution in [2.24, 2.45) is 12.8 Å². The molecule has 1 aliphatic carbocycles. The van der Waals surface area contributed by atoms with Gasteiger partial charge in [0.05, 0.1) is 11.7 Å². The number of benzene rings is 2. The molecule has 0 radical (unpaired) electrons. The van der Waals surface area contributed by atoms with Crippen LogP contribution >= 0.6 is 11.5 Å². The van der Waals surface area contributed by atoms with E-state index in [0.717, 1.165) is 35.0 Å². The van der Waals surface area contributed by atoms with Crippen LogP contribution in [0.1, 0.15) is 37.4 Å². The molecule has 3 aromatic rings. The van der Waals surface area contributed by atoms with Gasteiger partial charge in [0.15, 0.2) is 0 Å². The van der Waals surface area contributed by atoms with Crippen LogP contribution in [-0.4, -0.2) is 10.00 Å². The largest absolute Gasteiger partial charge is 0.457 e. The molecule has 6 nitrogen and oxygen atoms in total. The predicted molar refractivity (Wildman–Crippen MR) is 118 cm³/mol. The minimum absolute atomic E-state index is 0.0560. The summed E-state index contributed by atoms with van der Waals surface area (Å²) in [6.45, 7) is 0. The maximum absolute atomic E-state index is 12.6. The third-order valence-corrected chi connectivity index (χ3v) is 6.11. The van der Waals surface area contributed by atoms with E-state index in [1.165, 1.54) is 24.4 Å². The summed E-state index contributed by atoms with van der Waals surface area (Å²) in [4.78, 5) is 12.6. The number of ether oxygens (including phenoxy) is 1. The van der Waals surface area contributed by atoms with Crippen LogP contribution in [0.2, 0.25) is 0 Å². The van der Waals surface area contributed by atoms with Crippen LogP contribution in [0.25, 0.3) is 0 Å². The summed E-state index contributed by atoms with van der Waals surface area (Å²) < 4.78 is 7.45. The third kappa shape index (κ3) is 4.70. The van der Waals surface area contributed by atoms with Crippen molar-refractivity contribution in [3.05, 3.63) is 70.5 Å². The number of hydrogen-bond donors (Lipinski definition) is 3. The Balaban J connectivity index is 1.48. The molecule has 1 heterocycles. The summed E-state index contributed by atoms with van der Waals surface area (Å²) in [6, 6.07) is 17.7. The van der Waals surface area contributed by atoms with Gasteiger partial charge in [-0.2, -0.15) is 0 Å². The Kier molecular flexibility index (Phi) is 5.99. The van der Waals surface area contributed by atoms with Crippen molar-refractivity contribution in [3.63, 3.8) is 0 Å². The second-order valence-electron chi connectivity index (χ2n) is 7.33. The molecule has 4 rings (SSSR count). The Labute approximate surface area is 174 Å². The Hall–Kier alpha value is -2.61. The van der Waals surface area contributed by atoms with Gasteiger partial charge in [-0.3, -0.25) is 14.1 Å². The monoisotopic (exact) mass is 410 g/mol. The molecule has 7 heteroatoms. The fraction of sp³-hybridized carbons (Fsp3) is 0.318. The topological polar surface area (TPSA) is 81.3 Å². The second-order valence-corrected chi connectivity index (χ2v) is 8.47. The highest BCUT2D eigenvalue weighted by atomic mass is 32.1. The van der Waals surface area contributed by atoms with Gasteiger partial charge in [0.25, 0.3) is 5.56 Å². The van der Waals surface area contributed by atoms with Crippen molar-refractivity contribution >= 4 is 22.2 Å². The number of hydrogen-bond acceptors (Lipinski definition) is 6. The molecule has 1 unspecified atom stereocenters. The molecule has 0 amide bonds. The zero-order chi connectivity index (χ0) is 20.2. The zero-order valence-corrected chi connectivity index (χ0v) is 17.2. The molecule has 1 aliphatic rings. The molecule has 4 N–H and O–H groups in total. The molecule has 1 atom stereocenters. The van der Waals surface area contributed by atoms with Crippen LogP contribution in [0.3, 0.4) is 0 Å². The minimum Gasteiger partial charge on any atom is -0.457 e. The molecule has 0 aliphatic heterocycles. The first-order chi connectivity index (χ1) is 14.1. The van der Waals surface area contributed by atoms with Crippen LogP contribution in [0.15, 0.2) is 59.4 Å². The Morgan fingerprint density at radius 3 is 2.41 bits per heavy atom.